The van der Waals surface area contributed by atoms with Crippen LogP contribution >= 0.6 is 11.6 Å². The summed E-state index contributed by atoms with van der Waals surface area (Å²) in [6.07, 6.45) is -0.0891. The molecular formula is C6H11ClO2. The van der Waals surface area contributed by atoms with Crippen LogP contribution in [0.4, 0.5) is 0 Å². The number of rotatable bonds is 1. The van der Waals surface area contributed by atoms with E-state index in [1.54, 1.807) is 0 Å². The van der Waals surface area contributed by atoms with Crippen molar-refractivity contribution in [1.29, 1.82) is 0 Å². The molecule has 0 aromatic heterocycles. The summed E-state index contributed by atoms with van der Waals surface area (Å²) in [5.74, 6) is 0.497. The van der Waals surface area contributed by atoms with Gasteiger partial charge in [0.25, 0.3) is 0 Å². The van der Waals surface area contributed by atoms with Gasteiger partial charge in [0.1, 0.15) is 5.60 Å². The van der Waals surface area contributed by atoms with Crippen LogP contribution in [-0.2, 0) is 9.47 Å². The molecule has 3 heteroatoms. The lowest BCUT2D eigenvalue weighted by Crippen LogP contribution is -2.29. The summed E-state index contributed by atoms with van der Waals surface area (Å²) in [5.41, 5.74) is -0.249. The highest BCUT2D eigenvalue weighted by molar-refractivity contribution is 6.18. The van der Waals surface area contributed by atoms with Crippen LogP contribution in [0, 0.1) is 0 Å². The molecule has 1 heterocycles. The Morgan fingerprint density at radius 2 is 2.44 bits per heavy atom. The first-order valence-corrected chi connectivity index (χ1v) is 3.55. The zero-order chi connectivity index (χ0) is 6.91. The number of ether oxygens (including phenoxy) is 2. The van der Waals surface area contributed by atoms with E-state index in [1.807, 2.05) is 13.8 Å². The summed E-state index contributed by atoms with van der Waals surface area (Å²) < 4.78 is 10.5. The van der Waals surface area contributed by atoms with Crippen LogP contribution in [0.3, 0.4) is 0 Å². The molecular weight excluding hydrogens is 140 g/mol. The van der Waals surface area contributed by atoms with Gasteiger partial charge >= 0.3 is 0 Å². The first-order chi connectivity index (χ1) is 4.16. The third-order valence-corrected chi connectivity index (χ3v) is 1.92. The fourth-order valence-electron chi connectivity index (χ4n) is 0.832. The summed E-state index contributed by atoms with van der Waals surface area (Å²) in [6, 6.07) is 0. The Kier molecular flexibility index (Phi) is 1.99. The highest BCUT2D eigenvalue weighted by atomic mass is 35.5. The van der Waals surface area contributed by atoms with E-state index in [4.69, 9.17) is 21.1 Å². The molecule has 1 aliphatic rings. The van der Waals surface area contributed by atoms with Gasteiger partial charge in [-0.05, 0) is 13.8 Å². The predicted octanol–water partition coefficient (Wildman–Crippen LogP) is 1.38. The molecule has 9 heavy (non-hydrogen) atoms. The number of alkyl halides is 1. The van der Waals surface area contributed by atoms with Gasteiger partial charge in [0.05, 0.1) is 12.5 Å². The van der Waals surface area contributed by atoms with E-state index in [-0.39, 0.29) is 11.9 Å². The predicted molar refractivity (Wildman–Crippen MR) is 35.6 cm³/mol. The van der Waals surface area contributed by atoms with Crippen LogP contribution in [0.15, 0.2) is 0 Å². The highest BCUT2D eigenvalue weighted by Crippen LogP contribution is 2.23. The maximum Gasteiger partial charge on any atom is 0.155 e. The van der Waals surface area contributed by atoms with Gasteiger partial charge in [0, 0.05) is 0 Å². The molecule has 2 nitrogen and oxygen atoms in total. The van der Waals surface area contributed by atoms with Crippen LogP contribution in [0.2, 0.25) is 0 Å². The molecule has 0 aliphatic carbocycles. The lowest BCUT2D eigenvalue weighted by atomic mass is 10.2. The first kappa shape index (κ1) is 7.32. The van der Waals surface area contributed by atoms with Crippen molar-refractivity contribution < 1.29 is 9.47 Å². The zero-order valence-electron chi connectivity index (χ0n) is 5.69. The van der Waals surface area contributed by atoms with Crippen LogP contribution in [0.1, 0.15) is 13.8 Å². The second-order valence-electron chi connectivity index (χ2n) is 2.58. The Morgan fingerprint density at radius 3 is 2.67 bits per heavy atom. The third-order valence-electron chi connectivity index (χ3n) is 1.36. The van der Waals surface area contributed by atoms with E-state index >= 15 is 0 Å². The van der Waals surface area contributed by atoms with E-state index in [0.29, 0.717) is 12.5 Å². The van der Waals surface area contributed by atoms with E-state index < -0.39 is 0 Å². The van der Waals surface area contributed by atoms with Gasteiger partial charge in [-0.1, -0.05) is 0 Å². The van der Waals surface area contributed by atoms with Gasteiger partial charge in [0.2, 0.25) is 0 Å². The number of halogens is 1. The van der Waals surface area contributed by atoms with Crippen molar-refractivity contribution in [2.75, 3.05) is 12.5 Å². The number of hydrogen-bond donors (Lipinski definition) is 0. The molecule has 0 radical (unpaired) electrons. The van der Waals surface area contributed by atoms with E-state index in [2.05, 4.69) is 0 Å². The zero-order valence-corrected chi connectivity index (χ0v) is 6.44. The van der Waals surface area contributed by atoms with Crippen LogP contribution < -0.4 is 0 Å². The normalized spacial score (nSPS) is 43.7. The van der Waals surface area contributed by atoms with Crippen molar-refractivity contribution >= 4 is 11.6 Å². The molecule has 0 aromatic rings. The maximum absolute atomic E-state index is 5.61. The molecule has 2 unspecified atom stereocenters. The first-order valence-electron chi connectivity index (χ1n) is 3.02. The molecule has 0 N–H and O–H groups in total. The molecule has 54 valence electrons. The van der Waals surface area contributed by atoms with Crippen molar-refractivity contribution in [3.63, 3.8) is 0 Å². The van der Waals surface area contributed by atoms with Crippen LogP contribution in [0.5, 0.6) is 0 Å². The molecule has 1 aliphatic heterocycles. The van der Waals surface area contributed by atoms with Gasteiger partial charge in [-0.15, -0.1) is 11.6 Å². The van der Waals surface area contributed by atoms with Crippen molar-refractivity contribution in [3.8, 4) is 0 Å². The topological polar surface area (TPSA) is 18.5 Å². The smallest absolute Gasteiger partial charge is 0.155 e. The maximum atomic E-state index is 5.61. The Hall–Kier alpha value is 0.210. The Labute approximate surface area is 60.1 Å². The van der Waals surface area contributed by atoms with Gasteiger partial charge in [0.15, 0.2) is 6.29 Å². The molecule has 0 aromatic carbocycles. The van der Waals surface area contributed by atoms with E-state index in [9.17, 15) is 0 Å². The Bertz CT molecular complexity index is 107. The SMILES string of the molecule is CC1OCC(C)(CCl)O1. The molecule has 0 amide bonds. The van der Waals surface area contributed by atoms with Crippen LogP contribution in [0.25, 0.3) is 0 Å². The van der Waals surface area contributed by atoms with Gasteiger partial charge < -0.3 is 9.47 Å². The molecule has 1 rings (SSSR count). The second kappa shape index (κ2) is 2.45. The fourth-order valence-corrected chi connectivity index (χ4v) is 0.973. The van der Waals surface area contributed by atoms with Crippen molar-refractivity contribution in [3.05, 3.63) is 0 Å². The van der Waals surface area contributed by atoms with E-state index in [0.717, 1.165) is 0 Å². The van der Waals surface area contributed by atoms with Crippen molar-refractivity contribution in [1.82, 2.24) is 0 Å². The molecule has 1 saturated heterocycles. The highest BCUT2D eigenvalue weighted by Gasteiger charge is 2.33. The Balaban J connectivity index is 2.45. The largest absolute Gasteiger partial charge is 0.350 e. The standard InChI is InChI=1S/C6H11ClO2/c1-5-8-4-6(2,3-7)9-5/h5H,3-4H2,1-2H3. The third kappa shape index (κ3) is 1.57. The average molecular weight is 151 g/mol. The molecule has 0 bridgehead atoms. The fraction of sp³-hybridized carbons (Fsp3) is 1.00. The van der Waals surface area contributed by atoms with Gasteiger partial charge in [-0.2, -0.15) is 0 Å². The summed E-state index contributed by atoms with van der Waals surface area (Å²) in [5, 5.41) is 0. The lowest BCUT2D eigenvalue weighted by Gasteiger charge is -2.16. The molecule has 0 saturated carbocycles. The minimum absolute atomic E-state index is 0.0891. The van der Waals surface area contributed by atoms with Gasteiger partial charge in [-0.3, -0.25) is 0 Å². The minimum atomic E-state index is -0.249. The Morgan fingerprint density at radius 1 is 1.78 bits per heavy atom. The molecule has 0 spiro atoms. The summed E-state index contributed by atoms with van der Waals surface area (Å²) in [4.78, 5) is 0. The van der Waals surface area contributed by atoms with Gasteiger partial charge in [-0.25, -0.2) is 0 Å². The van der Waals surface area contributed by atoms with Crippen molar-refractivity contribution in [2.45, 2.75) is 25.7 Å². The number of hydrogen-bond acceptors (Lipinski definition) is 2. The van der Waals surface area contributed by atoms with Crippen molar-refractivity contribution in [2.24, 2.45) is 0 Å². The quantitative estimate of drug-likeness (QED) is 0.526. The monoisotopic (exact) mass is 150 g/mol. The minimum Gasteiger partial charge on any atom is -0.350 e. The summed E-state index contributed by atoms with van der Waals surface area (Å²) >= 11 is 5.61. The van der Waals surface area contributed by atoms with Crippen LogP contribution in [-0.4, -0.2) is 24.4 Å². The molecule has 1 fully saturated rings. The van der Waals surface area contributed by atoms with E-state index in [1.165, 1.54) is 0 Å². The summed E-state index contributed by atoms with van der Waals surface area (Å²) in [6.45, 7) is 4.43. The average Bonchev–Trinajstić information content (AvgIpc) is 2.13. The second-order valence-corrected chi connectivity index (χ2v) is 2.85. The lowest BCUT2D eigenvalue weighted by molar-refractivity contribution is -0.0633. The molecule has 2 atom stereocenters. The summed E-state index contributed by atoms with van der Waals surface area (Å²) in [7, 11) is 0.